The van der Waals surface area contributed by atoms with Crippen LogP contribution in [0, 0.1) is 24.7 Å². The molecule has 2 fully saturated rings. The summed E-state index contributed by atoms with van der Waals surface area (Å²) in [5, 5.41) is 3.07. The number of carbonyl (C=O) groups is 1. The van der Waals surface area contributed by atoms with Gasteiger partial charge in [-0.1, -0.05) is 18.6 Å². The normalized spacial score (nSPS) is 30.5. The highest BCUT2D eigenvalue weighted by atomic mass is 16.1. The van der Waals surface area contributed by atoms with E-state index in [0.717, 1.165) is 18.0 Å². The van der Waals surface area contributed by atoms with E-state index in [1.807, 2.05) is 31.2 Å². The summed E-state index contributed by atoms with van der Waals surface area (Å²) in [6, 6.07) is 8.04. The van der Waals surface area contributed by atoms with E-state index in [4.69, 9.17) is 0 Å². The SMILES string of the molecule is Cc1cccc(NC(=O)[C@H]2C[C@H]3CC[C@@H]2C3)c1. The molecule has 2 saturated carbocycles. The maximum absolute atomic E-state index is 12.2. The van der Waals surface area contributed by atoms with Crippen molar-refractivity contribution in [1.29, 1.82) is 0 Å². The van der Waals surface area contributed by atoms with Gasteiger partial charge < -0.3 is 5.32 Å². The first-order valence-corrected chi connectivity index (χ1v) is 6.60. The van der Waals surface area contributed by atoms with Gasteiger partial charge in [-0.05, 0) is 55.7 Å². The van der Waals surface area contributed by atoms with E-state index in [1.165, 1.54) is 24.8 Å². The summed E-state index contributed by atoms with van der Waals surface area (Å²) >= 11 is 0. The van der Waals surface area contributed by atoms with Crippen LogP contribution in [-0.2, 0) is 4.79 Å². The molecule has 1 amide bonds. The number of rotatable bonds is 2. The molecule has 90 valence electrons. The molecule has 2 bridgehead atoms. The number of nitrogens with one attached hydrogen (secondary N) is 1. The van der Waals surface area contributed by atoms with Gasteiger partial charge in [0.1, 0.15) is 0 Å². The highest BCUT2D eigenvalue weighted by Crippen LogP contribution is 2.48. The van der Waals surface area contributed by atoms with Gasteiger partial charge in [0.2, 0.25) is 5.91 Å². The Kier molecular flexibility index (Phi) is 2.65. The van der Waals surface area contributed by atoms with Gasteiger partial charge in [0.05, 0.1) is 0 Å². The first-order chi connectivity index (χ1) is 8.22. The molecular weight excluding hydrogens is 210 g/mol. The number of hydrogen-bond acceptors (Lipinski definition) is 1. The zero-order chi connectivity index (χ0) is 11.8. The Bertz CT molecular complexity index is 440. The van der Waals surface area contributed by atoms with Crippen LogP contribution in [0.4, 0.5) is 5.69 Å². The van der Waals surface area contributed by atoms with Crippen LogP contribution in [0.25, 0.3) is 0 Å². The monoisotopic (exact) mass is 229 g/mol. The summed E-state index contributed by atoms with van der Waals surface area (Å²) in [6.07, 6.45) is 5.00. The highest BCUT2D eigenvalue weighted by Gasteiger charge is 2.42. The Balaban J connectivity index is 1.68. The van der Waals surface area contributed by atoms with E-state index >= 15 is 0 Å². The van der Waals surface area contributed by atoms with Gasteiger partial charge in [0.15, 0.2) is 0 Å². The van der Waals surface area contributed by atoms with Gasteiger partial charge in [-0.25, -0.2) is 0 Å². The third-order valence-corrected chi connectivity index (χ3v) is 4.36. The zero-order valence-corrected chi connectivity index (χ0v) is 10.3. The van der Waals surface area contributed by atoms with Gasteiger partial charge in [-0.15, -0.1) is 0 Å². The van der Waals surface area contributed by atoms with Crippen molar-refractivity contribution in [2.24, 2.45) is 17.8 Å². The van der Waals surface area contributed by atoms with E-state index in [0.29, 0.717) is 5.92 Å². The molecule has 2 heteroatoms. The van der Waals surface area contributed by atoms with Crippen LogP contribution in [0.15, 0.2) is 24.3 Å². The second kappa shape index (κ2) is 4.17. The first kappa shape index (κ1) is 10.8. The molecule has 3 rings (SSSR count). The van der Waals surface area contributed by atoms with Crippen LogP contribution in [0.2, 0.25) is 0 Å². The van der Waals surface area contributed by atoms with Crippen LogP contribution in [0.3, 0.4) is 0 Å². The Morgan fingerprint density at radius 3 is 2.82 bits per heavy atom. The van der Waals surface area contributed by atoms with Crippen molar-refractivity contribution in [3.63, 3.8) is 0 Å². The highest BCUT2D eigenvalue weighted by molar-refractivity contribution is 5.93. The van der Waals surface area contributed by atoms with Crippen LogP contribution in [0.5, 0.6) is 0 Å². The summed E-state index contributed by atoms with van der Waals surface area (Å²) in [4.78, 5) is 12.2. The standard InChI is InChI=1S/C15H19NO/c1-10-3-2-4-13(7-10)16-15(17)14-9-11-5-6-12(14)8-11/h2-4,7,11-12,14H,5-6,8-9H2,1H3,(H,16,17)/t11-,12+,14-/m0/s1. The second-order valence-corrected chi connectivity index (χ2v) is 5.64. The molecule has 0 heterocycles. The predicted octanol–water partition coefficient (Wildman–Crippen LogP) is 3.37. The van der Waals surface area contributed by atoms with Crippen LogP contribution >= 0.6 is 0 Å². The van der Waals surface area contributed by atoms with Gasteiger partial charge >= 0.3 is 0 Å². The second-order valence-electron chi connectivity index (χ2n) is 5.64. The molecule has 0 unspecified atom stereocenters. The number of anilines is 1. The van der Waals surface area contributed by atoms with E-state index in [-0.39, 0.29) is 11.8 Å². The molecule has 2 aliphatic rings. The van der Waals surface area contributed by atoms with E-state index in [9.17, 15) is 4.79 Å². The smallest absolute Gasteiger partial charge is 0.227 e. The largest absolute Gasteiger partial charge is 0.326 e. The molecule has 0 aromatic heterocycles. The van der Waals surface area contributed by atoms with Crippen molar-refractivity contribution in [2.75, 3.05) is 5.32 Å². The molecular formula is C15H19NO. The van der Waals surface area contributed by atoms with E-state index in [2.05, 4.69) is 5.32 Å². The molecule has 0 aliphatic heterocycles. The minimum Gasteiger partial charge on any atom is -0.326 e. The summed E-state index contributed by atoms with van der Waals surface area (Å²) < 4.78 is 0. The Morgan fingerprint density at radius 1 is 1.29 bits per heavy atom. The van der Waals surface area contributed by atoms with E-state index in [1.54, 1.807) is 0 Å². The summed E-state index contributed by atoms with van der Waals surface area (Å²) in [7, 11) is 0. The number of carbonyl (C=O) groups excluding carboxylic acids is 1. The lowest BCUT2D eigenvalue weighted by Gasteiger charge is -2.20. The number of amides is 1. The third-order valence-electron chi connectivity index (χ3n) is 4.36. The topological polar surface area (TPSA) is 29.1 Å². The number of aryl methyl sites for hydroxylation is 1. The molecule has 17 heavy (non-hydrogen) atoms. The fraction of sp³-hybridized carbons (Fsp3) is 0.533. The minimum atomic E-state index is 0.239. The van der Waals surface area contributed by atoms with Gasteiger partial charge in [-0.2, -0.15) is 0 Å². The number of benzene rings is 1. The number of fused-ring (bicyclic) bond motifs is 2. The quantitative estimate of drug-likeness (QED) is 0.827. The fourth-order valence-corrected chi connectivity index (χ4v) is 3.52. The maximum Gasteiger partial charge on any atom is 0.227 e. The molecule has 0 spiro atoms. The summed E-state index contributed by atoms with van der Waals surface area (Å²) in [5.41, 5.74) is 2.13. The summed E-state index contributed by atoms with van der Waals surface area (Å²) in [6.45, 7) is 2.05. The van der Waals surface area contributed by atoms with E-state index < -0.39 is 0 Å². The molecule has 1 N–H and O–H groups in total. The number of hydrogen-bond donors (Lipinski definition) is 1. The molecule has 2 aliphatic carbocycles. The average molecular weight is 229 g/mol. The Morgan fingerprint density at radius 2 is 2.18 bits per heavy atom. The van der Waals surface area contributed by atoms with Crippen molar-refractivity contribution < 1.29 is 4.79 Å². The minimum absolute atomic E-state index is 0.239. The molecule has 0 saturated heterocycles. The van der Waals surface area contributed by atoms with Crippen molar-refractivity contribution in [3.8, 4) is 0 Å². The van der Waals surface area contributed by atoms with Gasteiger partial charge in [0.25, 0.3) is 0 Å². The average Bonchev–Trinajstić information content (AvgIpc) is 2.90. The molecule has 2 nitrogen and oxygen atoms in total. The lowest BCUT2D eigenvalue weighted by atomic mass is 9.88. The Hall–Kier alpha value is -1.31. The lowest BCUT2D eigenvalue weighted by molar-refractivity contribution is -0.121. The van der Waals surface area contributed by atoms with Crippen molar-refractivity contribution in [3.05, 3.63) is 29.8 Å². The molecule has 0 radical (unpaired) electrons. The Labute approximate surface area is 102 Å². The zero-order valence-electron chi connectivity index (χ0n) is 10.3. The lowest BCUT2D eigenvalue weighted by Crippen LogP contribution is -2.27. The summed E-state index contributed by atoms with van der Waals surface area (Å²) in [5.74, 6) is 2.00. The molecule has 3 atom stereocenters. The molecule has 1 aromatic carbocycles. The van der Waals surface area contributed by atoms with Gasteiger partial charge in [0, 0.05) is 11.6 Å². The molecule has 1 aromatic rings. The van der Waals surface area contributed by atoms with Crippen molar-refractivity contribution in [1.82, 2.24) is 0 Å². The van der Waals surface area contributed by atoms with Crippen molar-refractivity contribution in [2.45, 2.75) is 32.6 Å². The van der Waals surface area contributed by atoms with Crippen LogP contribution < -0.4 is 5.32 Å². The fourth-order valence-electron chi connectivity index (χ4n) is 3.52. The van der Waals surface area contributed by atoms with Crippen molar-refractivity contribution >= 4 is 11.6 Å². The van der Waals surface area contributed by atoms with Gasteiger partial charge in [-0.3, -0.25) is 4.79 Å². The van der Waals surface area contributed by atoms with Crippen LogP contribution in [-0.4, -0.2) is 5.91 Å². The first-order valence-electron chi connectivity index (χ1n) is 6.60. The van der Waals surface area contributed by atoms with Crippen LogP contribution in [0.1, 0.15) is 31.2 Å². The maximum atomic E-state index is 12.2. The third kappa shape index (κ3) is 2.08. The predicted molar refractivity (Wildman–Crippen MR) is 68.7 cm³/mol.